The number of nitrogens with one attached hydrogen (secondary N) is 1. The van der Waals surface area contributed by atoms with Crippen LogP contribution in [0.25, 0.3) is 10.6 Å². The highest BCUT2D eigenvalue weighted by Gasteiger charge is 2.09. The highest BCUT2D eigenvalue weighted by molar-refractivity contribution is 7.19. The zero-order valence-electron chi connectivity index (χ0n) is 11.6. The molecule has 0 bridgehead atoms. The Morgan fingerprint density at radius 1 is 1.25 bits per heavy atom. The molecule has 0 aliphatic carbocycles. The lowest BCUT2D eigenvalue weighted by molar-refractivity contribution is -0.116. The fourth-order valence-corrected chi connectivity index (χ4v) is 3.32. The second-order valence-corrected chi connectivity index (χ2v) is 6.39. The van der Waals surface area contributed by atoms with Crippen LogP contribution in [0.4, 0.5) is 5.13 Å². The minimum atomic E-state index is 0.0366. The Balaban J connectivity index is 1.74. The molecule has 0 saturated carbocycles. The fraction of sp³-hybridized carbons (Fsp3) is 0.500. The fourth-order valence-electron chi connectivity index (χ4n) is 1.85. The standard InChI is InChI=1S/C14H19N3OS2/c1-2-3-4-5-6-7-12(18)15-14-17-16-13(20-14)11-8-9-19-10-11/h8-10H,2-7H2,1H3,(H,15,17,18). The van der Waals surface area contributed by atoms with Crippen LogP contribution < -0.4 is 5.32 Å². The normalized spacial score (nSPS) is 10.7. The number of aromatic nitrogens is 2. The maximum absolute atomic E-state index is 11.8. The number of carbonyl (C=O) groups excluding carboxylic acids is 1. The Morgan fingerprint density at radius 3 is 2.85 bits per heavy atom. The molecule has 0 aliphatic heterocycles. The predicted molar refractivity (Wildman–Crippen MR) is 85.2 cm³/mol. The van der Waals surface area contributed by atoms with Gasteiger partial charge in [-0.2, -0.15) is 11.3 Å². The molecule has 2 aromatic heterocycles. The summed E-state index contributed by atoms with van der Waals surface area (Å²) >= 11 is 3.05. The van der Waals surface area contributed by atoms with Gasteiger partial charge in [0.05, 0.1) is 0 Å². The van der Waals surface area contributed by atoms with Crippen molar-refractivity contribution in [3.63, 3.8) is 0 Å². The van der Waals surface area contributed by atoms with Crippen molar-refractivity contribution in [2.45, 2.75) is 45.4 Å². The maximum atomic E-state index is 11.8. The summed E-state index contributed by atoms with van der Waals surface area (Å²) in [6, 6.07) is 2.00. The third kappa shape index (κ3) is 4.68. The first-order chi connectivity index (χ1) is 9.79. The molecule has 0 spiro atoms. The van der Waals surface area contributed by atoms with E-state index in [1.807, 2.05) is 16.8 Å². The van der Waals surface area contributed by atoms with Gasteiger partial charge in [-0.1, -0.05) is 43.9 Å². The molecule has 2 aromatic rings. The van der Waals surface area contributed by atoms with Crippen molar-refractivity contribution in [3.8, 4) is 10.6 Å². The van der Waals surface area contributed by atoms with Crippen LogP contribution in [-0.4, -0.2) is 16.1 Å². The SMILES string of the molecule is CCCCCCCC(=O)Nc1nnc(-c2ccsc2)s1. The van der Waals surface area contributed by atoms with Crippen LogP contribution in [0.5, 0.6) is 0 Å². The quantitative estimate of drug-likeness (QED) is 0.727. The molecule has 0 fully saturated rings. The molecule has 0 aliphatic rings. The highest BCUT2D eigenvalue weighted by Crippen LogP contribution is 2.27. The molecule has 1 amide bonds. The molecular formula is C14H19N3OS2. The third-order valence-corrected chi connectivity index (χ3v) is 4.52. The summed E-state index contributed by atoms with van der Waals surface area (Å²) in [7, 11) is 0. The van der Waals surface area contributed by atoms with Crippen LogP contribution in [0.1, 0.15) is 45.4 Å². The van der Waals surface area contributed by atoms with Gasteiger partial charge < -0.3 is 5.32 Å². The average molecular weight is 309 g/mol. The molecule has 108 valence electrons. The molecule has 20 heavy (non-hydrogen) atoms. The van der Waals surface area contributed by atoms with E-state index in [0.717, 1.165) is 23.4 Å². The van der Waals surface area contributed by atoms with Gasteiger partial charge >= 0.3 is 0 Å². The van der Waals surface area contributed by atoms with E-state index in [4.69, 9.17) is 0 Å². The van der Waals surface area contributed by atoms with Crippen molar-refractivity contribution in [2.75, 3.05) is 5.32 Å². The smallest absolute Gasteiger partial charge is 0.226 e. The summed E-state index contributed by atoms with van der Waals surface area (Å²) in [5, 5.41) is 16.4. The number of rotatable bonds is 8. The van der Waals surface area contributed by atoms with Crippen LogP contribution >= 0.6 is 22.7 Å². The number of amides is 1. The van der Waals surface area contributed by atoms with E-state index in [-0.39, 0.29) is 5.91 Å². The lowest BCUT2D eigenvalue weighted by Crippen LogP contribution is -2.10. The van der Waals surface area contributed by atoms with E-state index in [1.54, 1.807) is 11.3 Å². The zero-order valence-corrected chi connectivity index (χ0v) is 13.2. The van der Waals surface area contributed by atoms with Crippen molar-refractivity contribution >= 4 is 33.7 Å². The maximum Gasteiger partial charge on any atom is 0.226 e. The van der Waals surface area contributed by atoms with E-state index >= 15 is 0 Å². The summed E-state index contributed by atoms with van der Waals surface area (Å²) in [5.41, 5.74) is 1.06. The summed E-state index contributed by atoms with van der Waals surface area (Å²) < 4.78 is 0. The topological polar surface area (TPSA) is 54.9 Å². The third-order valence-electron chi connectivity index (χ3n) is 2.95. The van der Waals surface area contributed by atoms with Gasteiger partial charge in [0.15, 0.2) is 0 Å². The van der Waals surface area contributed by atoms with Crippen LogP contribution in [0, 0.1) is 0 Å². The number of unbranched alkanes of at least 4 members (excludes halogenated alkanes) is 4. The first-order valence-corrected chi connectivity index (χ1v) is 8.71. The molecule has 0 saturated heterocycles. The lowest BCUT2D eigenvalue weighted by atomic mass is 10.1. The first-order valence-electron chi connectivity index (χ1n) is 6.95. The van der Waals surface area contributed by atoms with Crippen molar-refractivity contribution in [3.05, 3.63) is 16.8 Å². The van der Waals surface area contributed by atoms with Crippen LogP contribution in [0.3, 0.4) is 0 Å². The van der Waals surface area contributed by atoms with Crippen LogP contribution in [0.15, 0.2) is 16.8 Å². The summed E-state index contributed by atoms with van der Waals surface area (Å²) in [5.74, 6) is 0.0366. The van der Waals surface area contributed by atoms with E-state index in [0.29, 0.717) is 11.6 Å². The molecule has 6 heteroatoms. The monoisotopic (exact) mass is 309 g/mol. The lowest BCUT2D eigenvalue weighted by Gasteiger charge is -2.00. The van der Waals surface area contributed by atoms with Crippen LogP contribution in [0.2, 0.25) is 0 Å². The molecule has 2 rings (SSSR count). The minimum absolute atomic E-state index is 0.0366. The van der Waals surface area contributed by atoms with Gasteiger partial charge in [-0.05, 0) is 17.9 Å². The van der Waals surface area contributed by atoms with Gasteiger partial charge in [0, 0.05) is 17.4 Å². The molecule has 0 unspecified atom stereocenters. The second kappa shape index (κ2) is 8.11. The second-order valence-electron chi connectivity index (χ2n) is 4.64. The molecule has 2 heterocycles. The van der Waals surface area contributed by atoms with E-state index in [2.05, 4.69) is 22.4 Å². The van der Waals surface area contributed by atoms with Crippen LogP contribution in [-0.2, 0) is 4.79 Å². The first kappa shape index (κ1) is 15.1. The molecule has 0 aromatic carbocycles. The van der Waals surface area contributed by atoms with Crippen molar-refractivity contribution in [1.29, 1.82) is 0 Å². The molecule has 1 N–H and O–H groups in total. The van der Waals surface area contributed by atoms with E-state index in [9.17, 15) is 4.79 Å². The highest BCUT2D eigenvalue weighted by atomic mass is 32.1. The number of carbonyl (C=O) groups is 1. The number of nitrogens with zero attached hydrogens (tertiary/aromatic N) is 2. The zero-order chi connectivity index (χ0) is 14.2. The Hall–Kier alpha value is -1.27. The number of hydrogen-bond donors (Lipinski definition) is 1. The van der Waals surface area contributed by atoms with Crippen molar-refractivity contribution in [2.24, 2.45) is 0 Å². The Bertz CT molecular complexity index is 522. The Labute approximate surface area is 127 Å². The molecular weight excluding hydrogens is 290 g/mol. The number of anilines is 1. The number of thiophene rings is 1. The summed E-state index contributed by atoms with van der Waals surface area (Å²) in [6.07, 6.45) is 6.33. The van der Waals surface area contributed by atoms with Gasteiger partial charge in [-0.15, -0.1) is 10.2 Å². The summed E-state index contributed by atoms with van der Waals surface area (Å²) in [6.45, 7) is 2.19. The molecule has 4 nitrogen and oxygen atoms in total. The largest absolute Gasteiger partial charge is 0.301 e. The Morgan fingerprint density at radius 2 is 2.10 bits per heavy atom. The van der Waals surface area contributed by atoms with Gasteiger partial charge in [0.1, 0.15) is 5.01 Å². The number of hydrogen-bond acceptors (Lipinski definition) is 5. The van der Waals surface area contributed by atoms with Gasteiger partial charge in [0.25, 0.3) is 0 Å². The van der Waals surface area contributed by atoms with Crippen molar-refractivity contribution in [1.82, 2.24) is 10.2 Å². The average Bonchev–Trinajstić information content (AvgIpc) is 3.08. The molecule has 0 atom stereocenters. The predicted octanol–water partition coefficient (Wildman–Crippen LogP) is 4.57. The van der Waals surface area contributed by atoms with Gasteiger partial charge in [-0.3, -0.25) is 4.79 Å². The van der Waals surface area contributed by atoms with Crippen molar-refractivity contribution < 1.29 is 4.79 Å². The Kier molecular flexibility index (Phi) is 6.14. The van der Waals surface area contributed by atoms with E-state index < -0.39 is 0 Å². The van der Waals surface area contributed by atoms with Gasteiger partial charge in [0.2, 0.25) is 11.0 Å². The summed E-state index contributed by atoms with van der Waals surface area (Å²) in [4.78, 5) is 11.8. The molecule has 0 radical (unpaired) electrons. The van der Waals surface area contributed by atoms with Gasteiger partial charge in [-0.25, -0.2) is 0 Å². The minimum Gasteiger partial charge on any atom is -0.301 e. The van der Waals surface area contributed by atoms with E-state index in [1.165, 1.54) is 30.6 Å².